The molecule has 2 aromatic heterocycles. The Morgan fingerprint density at radius 2 is 1.86 bits per heavy atom. The predicted octanol–water partition coefficient (Wildman–Crippen LogP) is 5.51. The van der Waals surface area contributed by atoms with Crippen LogP contribution in [0.3, 0.4) is 0 Å². The third-order valence-electron chi connectivity index (χ3n) is 4.14. The molecule has 0 aliphatic rings. The van der Waals surface area contributed by atoms with Gasteiger partial charge in [0.05, 0.1) is 19.0 Å². The summed E-state index contributed by atoms with van der Waals surface area (Å²) in [6.07, 6.45) is 5.59. The number of rotatable bonds is 6. The minimum atomic E-state index is 0.608. The lowest BCUT2D eigenvalue weighted by atomic mass is 10.2. The highest BCUT2D eigenvalue weighted by molar-refractivity contribution is 7.98. The molecule has 2 aromatic carbocycles. The van der Waals surface area contributed by atoms with E-state index in [-0.39, 0.29) is 0 Å². The standard InChI is InChI=1S/C22H19N3OS2/c1-27-19-11-9-18(10-12-19)15-24-25-20(21-8-5-13-26-21)16-28-22(25)23-14-17-6-3-2-4-7-17/h2-13,15-16H,14H2,1H3. The minimum Gasteiger partial charge on any atom is -0.463 e. The van der Waals surface area contributed by atoms with E-state index in [4.69, 9.17) is 14.5 Å². The van der Waals surface area contributed by atoms with Gasteiger partial charge in [-0.3, -0.25) is 4.99 Å². The van der Waals surface area contributed by atoms with Crippen LogP contribution in [-0.2, 0) is 6.54 Å². The Balaban J connectivity index is 1.70. The van der Waals surface area contributed by atoms with E-state index in [1.165, 1.54) is 10.5 Å². The lowest BCUT2D eigenvalue weighted by molar-refractivity contribution is 0.575. The van der Waals surface area contributed by atoms with E-state index in [1.807, 2.05) is 46.6 Å². The van der Waals surface area contributed by atoms with Crippen LogP contribution >= 0.6 is 23.1 Å². The van der Waals surface area contributed by atoms with Crippen LogP contribution in [0.2, 0.25) is 0 Å². The molecule has 4 nitrogen and oxygen atoms in total. The van der Waals surface area contributed by atoms with Crippen LogP contribution in [0.25, 0.3) is 11.5 Å². The molecular formula is C22H19N3OS2. The Labute approximate surface area is 171 Å². The molecule has 0 spiro atoms. The highest BCUT2D eigenvalue weighted by Gasteiger charge is 2.09. The first kappa shape index (κ1) is 18.5. The number of hydrogen-bond acceptors (Lipinski definition) is 5. The Morgan fingerprint density at radius 3 is 2.57 bits per heavy atom. The second kappa shape index (κ2) is 8.91. The van der Waals surface area contributed by atoms with E-state index in [9.17, 15) is 0 Å². The molecule has 0 radical (unpaired) electrons. The quantitative estimate of drug-likeness (QED) is 0.313. The molecule has 0 aliphatic carbocycles. The first-order valence-electron chi connectivity index (χ1n) is 8.81. The molecule has 0 saturated carbocycles. The van der Waals surface area contributed by atoms with E-state index in [0.717, 1.165) is 21.8 Å². The molecular weight excluding hydrogens is 386 g/mol. The molecule has 0 amide bonds. The van der Waals surface area contributed by atoms with Crippen molar-refractivity contribution in [1.29, 1.82) is 0 Å². The summed E-state index contributed by atoms with van der Waals surface area (Å²) in [6.45, 7) is 0.608. The van der Waals surface area contributed by atoms with Gasteiger partial charge in [-0.15, -0.1) is 23.1 Å². The normalized spacial score (nSPS) is 12.1. The van der Waals surface area contributed by atoms with Crippen LogP contribution in [0.15, 0.2) is 97.8 Å². The van der Waals surface area contributed by atoms with Gasteiger partial charge in [-0.05, 0) is 41.6 Å². The van der Waals surface area contributed by atoms with Crippen molar-refractivity contribution in [2.45, 2.75) is 11.4 Å². The Hall–Kier alpha value is -2.83. The van der Waals surface area contributed by atoms with Crippen molar-refractivity contribution < 1.29 is 4.42 Å². The molecule has 0 bridgehead atoms. The SMILES string of the molecule is CSc1ccc(C=Nn2c(-c3ccco3)csc2=NCc2ccccc2)cc1. The fourth-order valence-corrected chi connectivity index (χ4v) is 3.90. The van der Waals surface area contributed by atoms with Gasteiger partial charge in [-0.25, -0.2) is 4.68 Å². The number of furan rings is 1. The van der Waals surface area contributed by atoms with E-state index in [1.54, 1.807) is 29.4 Å². The summed E-state index contributed by atoms with van der Waals surface area (Å²) in [4.78, 5) is 6.83. The van der Waals surface area contributed by atoms with Crippen molar-refractivity contribution in [3.63, 3.8) is 0 Å². The van der Waals surface area contributed by atoms with Crippen molar-refractivity contribution in [2.75, 3.05) is 6.26 Å². The van der Waals surface area contributed by atoms with Gasteiger partial charge >= 0.3 is 0 Å². The zero-order valence-electron chi connectivity index (χ0n) is 15.4. The van der Waals surface area contributed by atoms with Crippen LogP contribution in [-0.4, -0.2) is 17.1 Å². The molecule has 4 rings (SSSR count). The summed E-state index contributed by atoms with van der Waals surface area (Å²) < 4.78 is 7.43. The van der Waals surface area contributed by atoms with Crippen LogP contribution in [0.1, 0.15) is 11.1 Å². The molecule has 0 aliphatic heterocycles. The van der Waals surface area contributed by atoms with Gasteiger partial charge < -0.3 is 4.42 Å². The summed E-state index contributed by atoms with van der Waals surface area (Å²) in [6, 6.07) is 22.3. The molecule has 0 N–H and O–H groups in total. The zero-order chi connectivity index (χ0) is 19.2. The smallest absolute Gasteiger partial charge is 0.206 e. The molecule has 4 aromatic rings. The first-order valence-corrected chi connectivity index (χ1v) is 10.9. The lowest BCUT2D eigenvalue weighted by Gasteiger charge is -2.01. The van der Waals surface area contributed by atoms with Gasteiger partial charge in [-0.2, -0.15) is 5.10 Å². The van der Waals surface area contributed by atoms with Crippen molar-refractivity contribution in [1.82, 2.24) is 4.68 Å². The van der Waals surface area contributed by atoms with Gasteiger partial charge in [0.1, 0.15) is 5.69 Å². The van der Waals surface area contributed by atoms with Crippen LogP contribution < -0.4 is 4.80 Å². The van der Waals surface area contributed by atoms with Gasteiger partial charge in [-0.1, -0.05) is 42.5 Å². The highest BCUT2D eigenvalue weighted by atomic mass is 32.2. The molecule has 0 fully saturated rings. The summed E-state index contributed by atoms with van der Waals surface area (Å²) >= 11 is 3.28. The second-order valence-corrected chi connectivity index (χ2v) is 7.73. The third kappa shape index (κ3) is 4.35. The predicted molar refractivity (Wildman–Crippen MR) is 117 cm³/mol. The van der Waals surface area contributed by atoms with Gasteiger partial charge in [0.15, 0.2) is 5.76 Å². The number of hydrogen-bond donors (Lipinski definition) is 0. The van der Waals surface area contributed by atoms with Gasteiger partial charge in [0, 0.05) is 10.3 Å². The summed E-state index contributed by atoms with van der Waals surface area (Å²) in [5, 5.41) is 6.73. The van der Waals surface area contributed by atoms with Crippen molar-refractivity contribution in [3.8, 4) is 11.5 Å². The van der Waals surface area contributed by atoms with Crippen LogP contribution in [0, 0.1) is 0 Å². The summed E-state index contributed by atoms with van der Waals surface area (Å²) in [7, 11) is 0. The van der Waals surface area contributed by atoms with E-state index in [2.05, 4.69) is 42.7 Å². The van der Waals surface area contributed by atoms with E-state index < -0.39 is 0 Å². The third-order valence-corrected chi connectivity index (χ3v) is 5.73. The molecule has 28 heavy (non-hydrogen) atoms. The molecule has 140 valence electrons. The first-order chi connectivity index (χ1) is 13.8. The summed E-state index contributed by atoms with van der Waals surface area (Å²) in [5.74, 6) is 0.771. The molecule has 2 heterocycles. The van der Waals surface area contributed by atoms with Crippen LogP contribution in [0.5, 0.6) is 0 Å². The highest BCUT2D eigenvalue weighted by Crippen LogP contribution is 2.20. The topological polar surface area (TPSA) is 42.8 Å². The van der Waals surface area contributed by atoms with Crippen LogP contribution in [0.4, 0.5) is 0 Å². The monoisotopic (exact) mass is 405 g/mol. The largest absolute Gasteiger partial charge is 0.463 e. The van der Waals surface area contributed by atoms with Gasteiger partial charge in [0.25, 0.3) is 0 Å². The average molecular weight is 406 g/mol. The zero-order valence-corrected chi connectivity index (χ0v) is 17.0. The number of benzene rings is 2. The maximum absolute atomic E-state index is 5.59. The Morgan fingerprint density at radius 1 is 1.04 bits per heavy atom. The maximum atomic E-state index is 5.59. The van der Waals surface area contributed by atoms with Gasteiger partial charge in [0.2, 0.25) is 4.80 Å². The summed E-state index contributed by atoms with van der Waals surface area (Å²) in [5.41, 5.74) is 3.09. The Bertz CT molecular complexity index is 1110. The molecule has 6 heteroatoms. The average Bonchev–Trinajstić information content (AvgIpc) is 3.41. The van der Waals surface area contributed by atoms with E-state index in [0.29, 0.717) is 6.54 Å². The number of aromatic nitrogens is 1. The minimum absolute atomic E-state index is 0.608. The molecule has 0 atom stereocenters. The fraction of sp³-hybridized carbons (Fsp3) is 0.0909. The second-order valence-electron chi connectivity index (χ2n) is 6.01. The number of thiazole rings is 1. The molecule has 0 unspecified atom stereocenters. The van der Waals surface area contributed by atoms with Crippen molar-refractivity contribution in [3.05, 3.63) is 94.3 Å². The maximum Gasteiger partial charge on any atom is 0.206 e. The number of thioether (sulfide) groups is 1. The fourth-order valence-electron chi connectivity index (χ4n) is 2.67. The number of nitrogens with zero attached hydrogens (tertiary/aromatic N) is 3. The molecule has 0 saturated heterocycles. The van der Waals surface area contributed by atoms with Crippen molar-refractivity contribution in [2.24, 2.45) is 10.1 Å². The lowest BCUT2D eigenvalue weighted by Crippen LogP contribution is -2.12. The van der Waals surface area contributed by atoms with E-state index >= 15 is 0 Å². The Kier molecular flexibility index (Phi) is 5.89. The van der Waals surface area contributed by atoms with Crippen molar-refractivity contribution >= 4 is 29.3 Å².